The third-order valence-electron chi connectivity index (χ3n) is 5.81. The largest absolute Gasteiger partial charge is 0.362 e. The number of aromatic nitrogens is 2. The molecule has 32 heavy (non-hydrogen) atoms. The molecule has 0 atom stereocenters. The van der Waals surface area contributed by atoms with E-state index in [-0.39, 0.29) is 36.6 Å². The van der Waals surface area contributed by atoms with Crippen molar-refractivity contribution in [2.24, 2.45) is 0 Å². The van der Waals surface area contributed by atoms with Crippen molar-refractivity contribution in [3.05, 3.63) is 46.7 Å². The van der Waals surface area contributed by atoms with Crippen molar-refractivity contribution in [2.75, 3.05) is 24.3 Å². The Balaban J connectivity index is 1.27. The van der Waals surface area contributed by atoms with Gasteiger partial charge in [0.05, 0.1) is 10.4 Å². The van der Waals surface area contributed by atoms with Gasteiger partial charge in [-0.25, -0.2) is 4.98 Å². The Morgan fingerprint density at radius 1 is 1.00 bits per heavy atom. The first-order valence-electron chi connectivity index (χ1n) is 11.1. The molecule has 2 aromatic heterocycles. The highest BCUT2D eigenvalue weighted by Crippen LogP contribution is 2.26. The van der Waals surface area contributed by atoms with E-state index in [1.807, 2.05) is 54.7 Å². The van der Waals surface area contributed by atoms with E-state index in [2.05, 4.69) is 10.6 Å². The van der Waals surface area contributed by atoms with Crippen LogP contribution in [0, 0.1) is 0 Å². The number of benzene rings is 1. The number of fused-ring (bicyclic) bond motifs is 1. The molecular formula is C24H29N5O2S. The first-order valence-corrected chi connectivity index (χ1v) is 11.9. The number of thiophene rings is 1. The second-order valence-corrected chi connectivity index (χ2v) is 9.39. The van der Waals surface area contributed by atoms with E-state index in [0.29, 0.717) is 5.95 Å². The van der Waals surface area contributed by atoms with Gasteiger partial charge in [-0.1, -0.05) is 18.2 Å². The number of para-hydroxylation sites is 1. The number of anilines is 2. The van der Waals surface area contributed by atoms with E-state index in [1.54, 1.807) is 6.07 Å². The first kappa shape index (κ1) is 22.2. The lowest BCUT2D eigenvalue weighted by molar-refractivity contribution is -0.122. The summed E-state index contributed by atoms with van der Waals surface area (Å²) in [5, 5.41) is 9.50. The minimum absolute atomic E-state index is 0.0375. The monoisotopic (exact) mass is 451 g/mol. The zero-order chi connectivity index (χ0) is 22.5. The van der Waals surface area contributed by atoms with E-state index in [1.165, 1.54) is 11.3 Å². The summed E-state index contributed by atoms with van der Waals surface area (Å²) < 4.78 is 0. The maximum atomic E-state index is 12.3. The minimum atomic E-state index is -0.0418. The number of ketones is 1. The zero-order valence-corrected chi connectivity index (χ0v) is 19.3. The van der Waals surface area contributed by atoms with E-state index in [4.69, 9.17) is 9.97 Å². The number of carbonyl (C=O) groups excluding carboxylic acids is 2. The molecule has 0 radical (unpaired) electrons. The van der Waals surface area contributed by atoms with E-state index >= 15 is 0 Å². The summed E-state index contributed by atoms with van der Waals surface area (Å²) in [4.78, 5) is 36.5. The average Bonchev–Trinajstić information content (AvgIpc) is 3.33. The second-order valence-electron chi connectivity index (χ2n) is 8.44. The fourth-order valence-electron chi connectivity index (χ4n) is 4.12. The number of rotatable bonds is 8. The fourth-order valence-corrected chi connectivity index (χ4v) is 4.81. The highest BCUT2D eigenvalue weighted by atomic mass is 32.1. The molecule has 8 heteroatoms. The molecule has 168 valence electrons. The quantitative estimate of drug-likeness (QED) is 0.498. The summed E-state index contributed by atoms with van der Waals surface area (Å²) in [5.41, 5.74) is 0.923. The van der Waals surface area contributed by atoms with Crippen LogP contribution < -0.4 is 15.5 Å². The SMILES string of the molecule is CN(C)c1nc(NC2CCC(NC(=O)CCC(=O)c3cccs3)CC2)nc2ccccc12. The summed E-state index contributed by atoms with van der Waals surface area (Å²) in [7, 11) is 3.97. The van der Waals surface area contributed by atoms with Crippen LogP contribution in [-0.2, 0) is 4.79 Å². The Kier molecular flexibility index (Phi) is 6.99. The molecule has 2 N–H and O–H groups in total. The average molecular weight is 452 g/mol. The van der Waals surface area contributed by atoms with Crippen LogP contribution in [0.3, 0.4) is 0 Å². The van der Waals surface area contributed by atoms with Crippen LogP contribution >= 0.6 is 11.3 Å². The Hall–Kier alpha value is -3.00. The van der Waals surface area contributed by atoms with Gasteiger partial charge in [0.1, 0.15) is 5.82 Å². The molecule has 1 aromatic carbocycles. The van der Waals surface area contributed by atoms with Crippen LogP contribution in [0.2, 0.25) is 0 Å². The third kappa shape index (κ3) is 5.43. The lowest BCUT2D eigenvalue weighted by Crippen LogP contribution is -2.40. The lowest BCUT2D eigenvalue weighted by Gasteiger charge is -2.30. The van der Waals surface area contributed by atoms with Gasteiger partial charge in [-0.2, -0.15) is 4.98 Å². The van der Waals surface area contributed by atoms with Crippen molar-refractivity contribution >= 4 is 45.7 Å². The second kappa shape index (κ2) is 10.1. The summed E-state index contributed by atoms with van der Waals surface area (Å²) in [6, 6.07) is 12.1. The normalized spacial score (nSPS) is 18.3. The number of hydrogen-bond acceptors (Lipinski definition) is 7. The fraction of sp³-hybridized carbons (Fsp3) is 0.417. The Bertz CT molecular complexity index is 1080. The van der Waals surface area contributed by atoms with Crippen LogP contribution in [0.1, 0.15) is 48.2 Å². The number of amides is 1. The zero-order valence-electron chi connectivity index (χ0n) is 18.5. The first-order chi connectivity index (χ1) is 15.5. The van der Waals surface area contributed by atoms with Crippen molar-refractivity contribution in [2.45, 2.75) is 50.6 Å². The van der Waals surface area contributed by atoms with Crippen LogP contribution in [0.4, 0.5) is 11.8 Å². The number of carbonyl (C=O) groups is 2. The molecule has 1 fully saturated rings. The molecule has 2 heterocycles. The molecule has 0 spiro atoms. The molecule has 0 saturated heterocycles. The summed E-state index contributed by atoms with van der Waals surface area (Å²) in [6.07, 6.45) is 4.18. The molecule has 1 aliphatic carbocycles. The maximum absolute atomic E-state index is 12.3. The van der Waals surface area contributed by atoms with Gasteiger partial charge in [-0.05, 0) is 49.3 Å². The van der Waals surface area contributed by atoms with Crippen molar-refractivity contribution in [1.82, 2.24) is 15.3 Å². The standard InChI is InChI=1S/C24H29N5O2S/c1-29(2)23-18-6-3-4-7-19(18)27-24(28-23)26-17-11-9-16(10-12-17)25-22(31)14-13-20(30)21-8-5-15-32-21/h3-8,15-17H,9-14H2,1-2H3,(H,25,31)(H,26,27,28). The summed E-state index contributed by atoms with van der Waals surface area (Å²) in [6.45, 7) is 0. The number of nitrogens with one attached hydrogen (secondary N) is 2. The number of Topliss-reactive ketones (excluding diaryl/α,β-unsaturated/α-hetero) is 1. The predicted octanol–water partition coefficient (Wildman–Crippen LogP) is 4.26. The van der Waals surface area contributed by atoms with Crippen LogP contribution in [0.5, 0.6) is 0 Å². The molecule has 0 bridgehead atoms. The van der Waals surface area contributed by atoms with Gasteiger partial charge in [0, 0.05) is 44.4 Å². The predicted molar refractivity (Wildman–Crippen MR) is 130 cm³/mol. The van der Waals surface area contributed by atoms with Crippen molar-refractivity contribution in [3.8, 4) is 0 Å². The molecule has 0 unspecified atom stereocenters. The van der Waals surface area contributed by atoms with Gasteiger partial charge < -0.3 is 15.5 Å². The number of nitrogens with zero attached hydrogens (tertiary/aromatic N) is 3. The van der Waals surface area contributed by atoms with Crippen molar-refractivity contribution < 1.29 is 9.59 Å². The van der Waals surface area contributed by atoms with Gasteiger partial charge in [0.2, 0.25) is 11.9 Å². The topological polar surface area (TPSA) is 87.2 Å². The highest BCUT2D eigenvalue weighted by Gasteiger charge is 2.23. The molecule has 1 aliphatic rings. The number of hydrogen-bond donors (Lipinski definition) is 2. The summed E-state index contributed by atoms with van der Waals surface area (Å²) >= 11 is 1.42. The Morgan fingerprint density at radius 3 is 2.47 bits per heavy atom. The van der Waals surface area contributed by atoms with E-state index in [9.17, 15) is 9.59 Å². The third-order valence-corrected chi connectivity index (χ3v) is 6.72. The Morgan fingerprint density at radius 2 is 1.75 bits per heavy atom. The molecule has 1 amide bonds. The maximum Gasteiger partial charge on any atom is 0.225 e. The van der Waals surface area contributed by atoms with Crippen LogP contribution in [0.25, 0.3) is 10.9 Å². The van der Waals surface area contributed by atoms with Crippen molar-refractivity contribution in [3.63, 3.8) is 0 Å². The van der Waals surface area contributed by atoms with E-state index in [0.717, 1.165) is 47.3 Å². The van der Waals surface area contributed by atoms with Gasteiger partial charge in [-0.15, -0.1) is 11.3 Å². The smallest absolute Gasteiger partial charge is 0.225 e. The molecule has 3 aromatic rings. The highest BCUT2D eigenvalue weighted by molar-refractivity contribution is 7.12. The molecular weight excluding hydrogens is 422 g/mol. The molecule has 7 nitrogen and oxygen atoms in total. The van der Waals surface area contributed by atoms with Gasteiger partial charge in [-0.3, -0.25) is 9.59 Å². The Labute approximate surface area is 192 Å². The molecule has 1 saturated carbocycles. The van der Waals surface area contributed by atoms with Crippen LogP contribution in [0.15, 0.2) is 41.8 Å². The van der Waals surface area contributed by atoms with E-state index < -0.39 is 0 Å². The van der Waals surface area contributed by atoms with Gasteiger partial charge >= 0.3 is 0 Å². The van der Waals surface area contributed by atoms with Crippen LogP contribution in [-0.4, -0.2) is 47.8 Å². The lowest BCUT2D eigenvalue weighted by atomic mass is 9.91. The molecule has 0 aliphatic heterocycles. The molecule has 4 rings (SSSR count). The van der Waals surface area contributed by atoms with Gasteiger partial charge in [0.25, 0.3) is 0 Å². The summed E-state index contributed by atoms with van der Waals surface area (Å²) in [5.74, 6) is 1.54. The minimum Gasteiger partial charge on any atom is -0.362 e. The van der Waals surface area contributed by atoms with Gasteiger partial charge in [0.15, 0.2) is 5.78 Å². The van der Waals surface area contributed by atoms with Crippen molar-refractivity contribution in [1.29, 1.82) is 0 Å².